The Labute approximate surface area is 135 Å². The average molecular weight is 362 g/mol. The van der Waals surface area contributed by atoms with E-state index in [1.807, 2.05) is 0 Å². The number of nitrogens with one attached hydrogen (secondary N) is 1. The van der Waals surface area contributed by atoms with Crippen molar-refractivity contribution < 1.29 is 8.42 Å². The van der Waals surface area contributed by atoms with Crippen molar-refractivity contribution in [3.05, 3.63) is 50.9 Å². The van der Waals surface area contributed by atoms with Gasteiger partial charge in [0.2, 0.25) is 0 Å². The lowest BCUT2D eigenvalue weighted by Gasteiger charge is -2.05. The van der Waals surface area contributed by atoms with Crippen LogP contribution in [0.3, 0.4) is 0 Å². The normalized spacial score (nSPS) is 12.1. The number of hydrogen-bond donors (Lipinski definition) is 1. The number of hydrogen-bond acceptors (Lipinski definition) is 4. The Morgan fingerprint density at radius 3 is 2.76 bits per heavy atom. The fourth-order valence-corrected chi connectivity index (χ4v) is 4.63. The number of nitrogens with zero attached hydrogens (tertiary/aromatic N) is 2. The third-order valence-corrected chi connectivity index (χ3v) is 5.80. The fourth-order valence-electron chi connectivity index (χ4n) is 1.87. The van der Waals surface area contributed by atoms with E-state index in [1.165, 1.54) is 15.7 Å². The minimum Gasteiger partial charge on any atom is -0.288 e. The number of sulfonamides is 1. The van der Waals surface area contributed by atoms with Crippen LogP contribution in [0.15, 0.2) is 41.6 Å². The first-order chi connectivity index (χ1) is 9.97. The van der Waals surface area contributed by atoms with Gasteiger partial charge in [0, 0.05) is 17.6 Å². The zero-order valence-electron chi connectivity index (χ0n) is 10.5. The van der Waals surface area contributed by atoms with Crippen LogP contribution in [0.5, 0.6) is 0 Å². The summed E-state index contributed by atoms with van der Waals surface area (Å²) in [4.78, 5) is 4.84. The summed E-state index contributed by atoms with van der Waals surface area (Å²) >= 11 is 13.1. The van der Waals surface area contributed by atoms with E-state index >= 15 is 0 Å². The topological polar surface area (TPSA) is 63.5 Å². The fraction of sp³-hybridized carbons (Fsp3) is 0.0833. The van der Waals surface area contributed by atoms with E-state index in [-0.39, 0.29) is 16.7 Å². The van der Waals surface area contributed by atoms with Crippen molar-refractivity contribution in [1.82, 2.24) is 14.1 Å². The van der Waals surface area contributed by atoms with E-state index in [9.17, 15) is 8.42 Å². The quantitative estimate of drug-likeness (QED) is 0.775. The van der Waals surface area contributed by atoms with Crippen molar-refractivity contribution in [2.75, 3.05) is 0 Å². The zero-order chi connectivity index (χ0) is 15.0. The van der Waals surface area contributed by atoms with E-state index in [0.717, 1.165) is 4.88 Å². The second-order valence-electron chi connectivity index (χ2n) is 4.17. The van der Waals surface area contributed by atoms with Gasteiger partial charge in [0.25, 0.3) is 10.0 Å². The van der Waals surface area contributed by atoms with Crippen LogP contribution >= 0.6 is 34.5 Å². The van der Waals surface area contributed by atoms with Gasteiger partial charge in [-0.05, 0) is 24.3 Å². The monoisotopic (exact) mass is 361 g/mol. The molecule has 0 saturated carbocycles. The molecule has 0 amide bonds. The van der Waals surface area contributed by atoms with E-state index in [1.54, 1.807) is 36.5 Å². The summed E-state index contributed by atoms with van der Waals surface area (Å²) in [6.07, 6.45) is 1.60. The van der Waals surface area contributed by atoms with Gasteiger partial charge in [-0.15, -0.1) is 11.3 Å². The highest BCUT2D eigenvalue weighted by Crippen LogP contribution is 2.24. The van der Waals surface area contributed by atoms with Gasteiger partial charge in [-0.3, -0.25) is 4.40 Å². The molecule has 5 nitrogen and oxygen atoms in total. The lowest BCUT2D eigenvalue weighted by molar-refractivity contribution is 0.577. The molecular weight excluding hydrogens is 353 g/mol. The molecule has 0 radical (unpaired) electrons. The highest BCUT2D eigenvalue weighted by molar-refractivity contribution is 7.89. The maximum absolute atomic E-state index is 12.4. The lowest BCUT2D eigenvalue weighted by atomic mass is 10.5. The van der Waals surface area contributed by atoms with Gasteiger partial charge in [0.05, 0.1) is 4.34 Å². The molecule has 0 aromatic carbocycles. The Kier molecular flexibility index (Phi) is 3.94. The molecule has 1 N–H and O–H groups in total. The Bertz CT molecular complexity index is 902. The molecule has 0 bridgehead atoms. The van der Waals surface area contributed by atoms with Crippen molar-refractivity contribution in [3.8, 4) is 0 Å². The molecule has 0 saturated heterocycles. The Morgan fingerprint density at radius 1 is 1.24 bits per heavy atom. The lowest BCUT2D eigenvalue weighted by Crippen LogP contribution is -2.24. The number of imidazole rings is 1. The molecule has 3 heterocycles. The molecule has 9 heteroatoms. The van der Waals surface area contributed by atoms with Crippen LogP contribution in [-0.4, -0.2) is 17.8 Å². The maximum atomic E-state index is 12.4. The number of rotatable bonds is 4. The number of halogens is 2. The SMILES string of the molecule is O=S(=O)(NCc1ccc(Cl)s1)c1c(Cl)nc2ccccn12. The smallest absolute Gasteiger partial charge is 0.260 e. The molecule has 3 rings (SSSR count). The van der Waals surface area contributed by atoms with Crippen LogP contribution in [0.4, 0.5) is 0 Å². The van der Waals surface area contributed by atoms with Crippen molar-refractivity contribution in [2.45, 2.75) is 11.6 Å². The van der Waals surface area contributed by atoms with E-state index in [2.05, 4.69) is 9.71 Å². The first-order valence-electron chi connectivity index (χ1n) is 5.84. The highest BCUT2D eigenvalue weighted by atomic mass is 35.5. The second-order valence-corrected chi connectivity index (χ2v) is 8.01. The molecule has 0 aliphatic carbocycles. The van der Waals surface area contributed by atoms with Crippen LogP contribution in [0.1, 0.15) is 4.88 Å². The Hall–Kier alpha value is -1.12. The summed E-state index contributed by atoms with van der Waals surface area (Å²) in [5.41, 5.74) is 0.474. The van der Waals surface area contributed by atoms with E-state index < -0.39 is 10.0 Å². The van der Waals surface area contributed by atoms with Crippen molar-refractivity contribution in [2.24, 2.45) is 0 Å². The molecule has 0 spiro atoms. The molecule has 110 valence electrons. The van der Waals surface area contributed by atoms with E-state index in [0.29, 0.717) is 9.98 Å². The van der Waals surface area contributed by atoms with Crippen LogP contribution in [-0.2, 0) is 16.6 Å². The number of pyridine rings is 1. The van der Waals surface area contributed by atoms with Crippen LogP contribution in [0.2, 0.25) is 9.49 Å². The first kappa shape index (κ1) is 14.8. The van der Waals surface area contributed by atoms with E-state index in [4.69, 9.17) is 23.2 Å². The first-order valence-corrected chi connectivity index (χ1v) is 8.89. The largest absolute Gasteiger partial charge is 0.288 e. The number of aromatic nitrogens is 2. The molecule has 0 fully saturated rings. The minimum absolute atomic E-state index is 0.0575. The van der Waals surface area contributed by atoms with Crippen molar-refractivity contribution in [3.63, 3.8) is 0 Å². The summed E-state index contributed by atoms with van der Waals surface area (Å²) < 4.78 is 29.4. The van der Waals surface area contributed by atoms with Gasteiger partial charge in [0.1, 0.15) is 5.65 Å². The molecule has 0 aliphatic heterocycles. The Balaban J connectivity index is 1.95. The molecule has 3 aromatic rings. The predicted molar refractivity (Wildman–Crippen MR) is 83.6 cm³/mol. The van der Waals surface area contributed by atoms with Gasteiger partial charge < -0.3 is 0 Å². The number of thiophene rings is 1. The molecule has 3 aromatic heterocycles. The van der Waals surface area contributed by atoms with Crippen LogP contribution < -0.4 is 4.72 Å². The maximum Gasteiger partial charge on any atom is 0.260 e. The predicted octanol–water partition coefficient (Wildman–Crippen LogP) is 3.18. The molecular formula is C12H9Cl2N3O2S2. The minimum atomic E-state index is -3.78. The van der Waals surface area contributed by atoms with Crippen LogP contribution in [0, 0.1) is 0 Å². The highest BCUT2D eigenvalue weighted by Gasteiger charge is 2.24. The van der Waals surface area contributed by atoms with Crippen molar-refractivity contribution >= 4 is 50.2 Å². The van der Waals surface area contributed by atoms with Crippen molar-refractivity contribution in [1.29, 1.82) is 0 Å². The second kappa shape index (κ2) is 5.58. The summed E-state index contributed by atoms with van der Waals surface area (Å²) in [5, 5.41) is -0.125. The third kappa shape index (κ3) is 2.93. The summed E-state index contributed by atoms with van der Waals surface area (Å²) in [7, 11) is -3.78. The summed E-state index contributed by atoms with van der Waals surface area (Å²) in [6.45, 7) is 0.149. The van der Waals surface area contributed by atoms with Gasteiger partial charge in [0.15, 0.2) is 10.2 Å². The average Bonchev–Trinajstić information content (AvgIpc) is 2.99. The van der Waals surface area contributed by atoms with Crippen LogP contribution in [0.25, 0.3) is 5.65 Å². The van der Waals surface area contributed by atoms with Gasteiger partial charge in [-0.25, -0.2) is 18.1 Å². The van der Waals surface area contributed by atoms with Gasteiger partial charge in [-0.1, -0.05) is 29.3 Å². The molecule has 0 atom stereocenters. The van der Waals surface area contributed by atoms with Gasteiger partial charge >= 0.3 is 0 Å². The standard InChI is InChI=1S/C12H9Cl2N3O2S2/c13-9-5-4-8(20-9)7-15-21(18,19)12-11(14)16-10-3-1-2-6-17(10)12/h1-6,15H,7H2. The molecule has 21 heavy (non-hydrogen) atoms. The summed E-state index contributed by atoms with van der Waals surface area (Å²) in [5.74, 6) is 0. The third-order valence-electron chi connectivity index (χ3n) is 2.77. The number of fused-ring (bicyclic) bond motifs is 1. The Morgan fingerprint density at radius 2 is 2.05 bits per heavy atom. The zero-order valence-corrected chi connectivity index (χ0v) is 13.6. The molecule has 0 aliphatic rings. The summed E-state index contributed by atoms with van der Waals surface area (Å²) in [6, 6.07) is 8.64. The van der Waals surface area contributed by atoms with Gasteiger partial charge in [-0.2, -0.15) is 0 Å². The molecule has 0 unspecified atom stereocenters.